The molecule has 1 atom stereocenters. The fourth-order valence-corrected chi connectivity index (χ4v) is 2.02. The van der Waals surface area contributed by atoms with Crippen LogP contribution in [-0.4, -0.2) is 33.1 Å². The number of hydrogen-bond donors (Lipinski definition) is 2. The number of rotatable bonds is 9. The lowest BCUT2D eigenvalue weighted by atomic mass is 9.98. The largest absolute Gasteiger partial charge is 0.476 e. The second-order valence-corrected chi connectivity index (χ2v) is 4.84. The van der Waals surface area contributed by atoms with Gasteiger partial charge in [-0.2, -0.15) is 0 Å². The van der Waals surface area contributed by atoms with Gasteiger partial charge in [0.1, 0.15) is 0 Å². The number of carboxylic acid groups (broad SMARTS) is 1. The van der Waals surface area contributed by atoms with E-state index in [9.17, 15) is 9.59 Å². The summed E-state index contributed by atoms with van der Waals surface area (Å²) in [6.45, 7) is 5.14. The van der Waals surface area contributed by atoms with Crippen LogP contribution in [-0.2, 0) is 11.3 Å². The molecule has 20 heavy (non-hydrogen) atoms. The lowest BCUT2D eigenvalue weighted by molar-refractivity contribution is -0.125. The Hall–Kier alpha value is -1.85. The third-order valence-electron chi connectivity index (χ3n) is 3.29. The summed E-state index contributed by atoms with van der Waals surface area (Å²) in [4.78, 5) is 26.4. The van der Waals surface area contributed by atoms with E-state index in [-0.39, 0.29) is 17.5 Å². The standard InChI is InChI=1S/C14H23N3O3/c1-3-5-6-11(4-2)13(18)15-7-8-17-9-12(14(19)20)16-10-17/h9-11H,3-8H2,1-2H3,(H,15,18)(H,19,20). The van der Waals surface area contributed by atoms with Crippen molar-refractivity contribution >= 4 is 11.9 Å². The summed E-state index contributed by atoms with van der Waals surface area (Å²) in [5, 5.41) is 11.6. The van der Waals surface area contributed by atoms with Gasteiger partial charge in [-0.25, -0.2) is 9.78 Å². The summed E-state index contributed by atoms with van der Waals surface area (Å²) < 4.78 is 1.66. The molecule has 0 aliphatic rings. The average molecular weight is 281 g/mol. The Morgan fingerprint density at radius 2 is 2.20 bits per heavy atom. The molecular weight excluding hydrogens is 258 g/mol. The fourth-order valence-electron chi connectivity index (χ4n) is 2.02. The lowest BCUT2D eigenvalue weighted by Crippen LogP contribution is -2.32. The quantitative estimate of drug-likeness (QED) is 0.724. The molecule has 0 spiro atoms. The molecule has 1 amide bonds. The molecule has 1 unspecified atom stereocenters. The second kappa shape index (κ2) is 8.35. The zero-order chi connectivity index (χ0) is 15.0. The first-order chi connectivity index (χ1) is 9.58. The number of hydrogen-bond acceptors (Lipinski definition) is 3. The third kappa shape index (κ3) is 5.03. The third-order valence-corrected chi connectivity index (χ3v) is 3.29. The molecule has 1 rings (SSSR count). The number of carboxylic acids is 1. The molecule has 1 aromatic heterocycles. The minimum absolute atomic E-state index is 0.0192. The van der Waals surface area contributed by atoms with Crippen molar-refractivity contribution in [3.05, 3.63) is 18.2 Å². The molecule has 2 N–H and O–H groups in total. The van der Waals surface area contributed by atoms with E-state index in [0.29, 0.717) is 13.1 Å². The van der Waals surface area contributed by atoms with Gasteiger partial charge < -0.3 is 15.0 Å². The minimum Gasteiger partial charge on any atom is -0.476 e. The summed E-state index contributed by atoms with van der Waals surface area (Å²) in [5.41, 5.74) is 0.0192. The van der Waals surface area contributed by atoms with Crippen LogP contribution in [0.25, 0.3) is 0 Å². The molecule has 112 valence electrons. The Kier molecular flexibility index (Phi) is 6.76. The predicted molar refractivity (Wildman–Crippen MR) is 75.5 cm³/mol. The number of nitrogens with zero attached hydrogens (tertiary/aromatic N) is 2. The average Bonchev–Trinajstić information content (AvgIpc) is 2.88. The number of aromatic nitrogens is 2. The van der Waals surface area contributed by atoms with Crippen LogP contribution in [0.15, 0.2) is 12.5 Å². The molecule has 0 saturated carbocycles. The van der Waals surface area contributed by atoms with Gasteiger partial charge in [-0.1, -0.05) is 26.7 Å². The smallest absolute Gasteiger partial charge is 0.356 e. The maximum Gasteiger partial charge on any atom is 0.356 e. The molecule has 0 fully saturated rings. The number of nitrogens with one attached hydrogen (secondary N) is 1. The van der Waals surface area contributed by atoms with Gasteiger partial charge in [0.2, 0.25) is 5.91 Å². The number of imidazole rings is 1. The van der Waals surface area contributed by atoms with Crippen molar-refractivity contribution in [1.29, 1.82) is 0 Å². The van der Waals surface area contributed by atoms with Crippen LogP contribution in [0, 0.1) is 5.92 Å². The van der Waals surface area contributed by atoms with E-state index in [1.165, 1.54) is 12.5 Å². The molecule has 1 aromatic rings. The van der Waals surface area contributed by atoms with Crippen molar-refractivity contribution < 1.29 is 14.7 Å². The van der Waals surface area contributed by atoms with Crippen LogP contribution in [0.3, 0.4) is 0 Å². The number of amides is 1. The Morgan fingerprint density at radius 3 is 2.75 bits per heavy atom. The van der Waals surface area contributed by atoms with Crippen LogP contribution >= 0.6 is 0 Å². The Bertz CT molecular complexity index is 443. The zero-order valence-electron chi connectivity index (χ0n) is 12.1. The van der Waals surface area contributed by atoms with Gasteiger partial charge >= 0.3 is 5.97 Å². The lowest BCUT2D eigenvalue weighted by Gasteiger charge is -2.14. The van der Waals surface area contributed by atoms with Crippen molar-refractivity contribution in [3.63, 3.8) is 0 Å². The Balaban J connectivity index is 2.34. The monoisotopic (exact) mass is 281 g/mol. The SMILES string of the molecule is CCCCC(CC)C(=O)NCCn1cnc(C(=O)O)c1. The van der Waals surface area contributed by atoms with Crippen LogP contribution in [0.4, 0.5) is 0 Å². The highest BCUT2D eigenvalue weighted by molar-refractivity contribution is 5.84. The number of aromatic carboxylic acids is 1. The molecule has 0 aromatic carbocycles. The van der Waals surface area contributed by atoms with E-state index in [1.54, 1.807) is 4.57 Å². The fraction of sp³-hybridized carbons (Fsp3) is 0.643. The van der Waals surface area contributed by atoms with E-state index in [2.05, 4.69) is 17.2 Å². The van der Waals surface area contributed by atoms with Gasteiger partial charge in [-0.3, -0.25) is 4.79 Å². The van der Waals surface area contributed by atoms with Crippen molar-refractivity contribution in [2.24, 2.45) is 5.92 Å². The first-order valence-corrected chi connectivity index (χ1v) is 7.11. The minimum atomic E-state index is -1.04. The Morgan fingerprint density at radius 1 is 1.45 bits per heavy atom. The predicted octanol–water partition coefficient (Wildman–Crippen LogP) is 1.91. The van der Waals surface area contributed by atoms with Crippen molar-refractivity contribution in [2.45, 2.75) is 46.1 Å². The van der Waals surface area contributed by atoms with Gasteiger partial charge in [-0.15, -0.1) is 0 Å². The van der Waals surface area contributed by atoms with Gasteiger partial charge in [0.05, 0.1) is 6.33 Å². The molecule has 6 nitrogen and oxygen atoms in total. The molecule has 0 radical (unpaired) electrons. The van der Waals surface area contributed by atoms with E-state index in [4.69, 9.17) is 5.11 Å². The normalized spacial score (nSPS) is 12.1. The maximum absolute atomic E-state index is 12.0. The second-order valence-electron chi connectivity index (χ2n) is 4.84. The summed E-state index contributed by atoms with van der Waals surface area (Å²) in [7, 11) is 0. The van der Waals surface area contributed by atoms with Crippen molar-refractivity contribution in [3.8, 4) is 0 Å². The molecule has 0 bridgehead atoms. The van der Waals surface area contributed by atoms with Crippen LogP contribution in [0.1, 0.15) is 50.0 Å². The summed E-state index contributed by atoms with van der Waals surface area (Å²) in [6.07, 6.45) is 6.85. The number of carbonyl (C=O) groups excluding carboxylic acids is 1. The summed E-state index contributed by atoms with van der Waals surface area (Å²) >= 11 is 0. The van der Waals surface area contributed by atoms with Crippen LogP contribution in [0.2, 0.25) is 0 Å². The van der Waals surface area contributed by atoms with Crippen molar-refractivity contribution in [1.82, 2.24) is 14.9 Å². The number of unbranched alkanes of at least 4 members (excludes halogenated alkanes) is 1. The molecule has 0 aliphatic carbocycles. The zero-order valence-corrected chi connectivity index (χ0v) is 12.1. The molecule has 6 heteroatoms. The van der Waals surface area contributed by atoms with Gasteiger partial charge in [-0.05, 0) is 12.8 Å². The molecule has 0 aliphatic heterocycles. The number of carbonyl (C=O) groups is 2. The summed E-state index contributed by atoms with van der Waals surface area (Å²) in [5.74, 6) is -0.884. The van der Waals surface area contributed by atoms with E-state index < -0.39 is 5.97 Å². The van der Waals surface area contributed by atoms with Crippen molar-refractivity contribution in [2.75, 3.05) is 6.54 Å². The van der Waals surface area contributed by atoms with Gasteiger partial charge in [0.25, 0.3) is 0 Å². The maximum atomic E-state index is 12.0. The molecular formula is C14H23N3O3. The van der Waals surface area contributed by atoms with Crippen LogP contribution in [0.5, 0.6) is 0 Å². The Labute approximate surface area is 119 Å². The molecule has 0 saturated heterocycles. The van der Waals surface area contributed by atoms with Crippen LogP contribution < -0.4 is 5.32 Å². The topological polar surface area (TPSA) is 84.2 Å². The van der Waals surface area contributed by atoms with E-state index >= 15 is 0 Å². The van der Waals surface area contributed by atoms with Gasteiger partial charge in [0.15, 0.2) is 5.69 Å². The summed E-state index contributed by atoms with van der Waals surface area (Å²) in [6, 6.07) is 0. The highest BCUT2D eigenvalue weighted by atomic mass is 16.4. The highest BCUT2D eigenvalue weighted by Gasteiger charge is 2.15. The first-order valence-electron chi connectivity index (χ1n) is 7.11. The highest BCUT2D eigenvalue weighted by Crippen LogP contribution is 2.12. The van der Waals surface area contributed by atoms with Gasteiger partial charge in [0, 0.05) is 25.2 Å². The first kappa shape index (κ1) is 16.2. The molecule has 1 heterocycles. The van der Waals surface area contributed by atoms with E-state index in [1.807, 2.05) is 6.92 Å². The van der Waals surface area contributed by atoms with E-state index in [0.717, 1.165) is 25.7 Å².